The molecule has 0 spiro atoms. The molecule has 0 radical (unpaired) electrons. The number of pyridine rings is 3. The molecule has 29 rings (SSSR count). The van der Waals surface area contributed by atoms with E-state index in [-0.39, 0.29) is 0 Å². The van der Waals surface area contributed by atoms with Crippen LogP contribution < -0.4 is 0 Å². The van der Waals surface area contributed by atoms with Gasteiger partial charge in [0.15, 0.2) is 0 Å². The van der Waals surface area contributed by atoms with Crippen molar-refractivity contribution in [3.05, 3.63) is 540 Å². The van der Waals surface area contributed by atoms with E-state index in [1.54, 1.807) is 0 Å². The largest absolute Gasteiger partial charge is 0.309 e. The average molecular weight is 1840 g/mol. The lowest BCUT2D eigenvalue weighted by molar-refractivity contribution is 1.18. The Kier molecular flexibility index (Phi) is 20.7. The van der Waals surface area contributed by atoms with Crippen LogP contribution in [0.2, 0.25) is 0 Å². The molecule has 20 aromatic carbocycles. The van der Waals surface area contributed by atoms with E-state index in [0.717, 1.165) is 61.8 Å². The van der Waals surface area contributed by atoms with Crippen LogP contribution in [0, 0.1) is 0 Å². The third-order valence-electron chi connectivity index (χ3n) is 28.8. The van der Waals surface area contributed by atoms with Gasteiger partial charge in [-0.1, -0.05) is 315 Å². The SMILES string of the molecule is c1ccc(-c2ccc(-c3ccc(-n4c5ccccc5c5cc(-c6ccc7c(c6)c6ccccc6n7-c6ccccc6)ccc54)cc3)nc2)cc1.c1ccc(-c2ccc(-c3cccc(-n4c5ccccc5c5cc(-c6ccc7c(c6)c6ccccc6n7-c6ccccc6)ccc54)c3)nc2)cc1.c1ccc(-n2c3ccccc3c3cc(-c4ccc5c(c4)c4ccccc4n5-c4ccc(-c5cccnc5)cc4)ccc32)cc1. The van der Waals surface area contributed by atoms with Crippen molar-refractivity contribution < 1.29 is 0 Å². The number of nitrogens with zero attached hydrogens (tertiary/aromatic N) is 9. The van der Waals surface area contributed by atoms with E-state index in [9.17, 15) is 0 Å². The molecular weight excluding hydrogens is 1750 g/mol. The van der Waals surface area contributed by atoms with Crippen LogP contribution in [0.3, 0.4) is 0 Å². The molecule has 9 nitrogen and oxygen atoms in total. The van der Waals surface area contributed by atoms with E-state index < -0.39 is 0 Å². The van der Waals surface area contributed by atoms with Crippen molar-refractivity contribution >= 4 is 131 Å². The highest BCUT2D eigenvalue weighted by molar-refractivity contribution is 6.17. The number of fused-ring (bicyclic) bond motifs is 18. The number of rotatable bonds is 14. The second kappa shape index (κ2) is 35.6. The highest BCUT2D eigenvalue weighted by Crippen LogP contribution is 2.45. The summed E-state index contributed by atoms with van der Waals surface area (Å²) < 4.78 is 14.2. The van der Waals surface area contributed by atoms with Gasteiger partial charge in [0.2, 0.25) is 0 Å². The summed E-state index contributed by atoms with van der Waals surface area (Å²) in [5, 5.41) is 15.0. The minimum atomic E-state index is 0.957. The predicted octanol–water partition coefficient (Wildman–Crippen LogP) is 35.2. The Morgan fingerprint density at radius 2 is 0.333 bits per heavy atom. The van der Waals surface area contributed by atoms with Gasteiger partial charge in [-0.15, -0.1) is 0 Å². The van der Waals surface area contributed by atoms with Crippen LogP contribution in [-0.2, 0) is 0 Å². The van der Waals surface area contributed by atoms with Gasteiger partial charge < -0.3 is 27.4 Å². The number of hydrogen-bond donors (Lipinski definition) is 0. The van der Waals surface area contributed by atoms with E-state index in [2.05, 4.69) is 530 Å². The molecule has 0 bridgehead atoms. The molecule has 0 saturated carbocycles. The first kappa shape index (κ1) is 84.0. The van der Waals surface area contributed by atoms with Crippen molar-refractivity contribution in [3.8, 4) is 123 Å². The van der Waals surface area contributed by atoms with E-state index in [0.29, 0.717) is 0 Å². The topological polar surface area (TPSA) is 68.2 Å². The zero-order valence-corrected chi connectivity index (χ0v) is 78.4. The minimum Gasteiger partial charge on any atom is -0.309 e. The molecule has 9 aromatic heterocycles. The lowest BCUT2D eigenvalue weighted by atomic mass is 10.0. The molecule has 0 amide bonds. The van der Waals surface area contributed by atoms with Crippen molar-refractivity contribution in [1.29, 1.82) is 0 Å². The van der Waals surface area contributed by atoms with Gasteiger partial charge in [0.25, 0.3) is 0 Å². The van der Waals surface area contributed by atoms with Gasteiger partial charge in [0, 0.05) is 146 Å². The van der Waals surface area contributed by atoms with Gasteiger partial charge in [-0.3, -0.25) is 15.0 Å². The van der Waals surface area contributed by atoms with Gasteiger partial charge in [-0.25, -0.2) is 0 Å². The maximum absolute atomic E-state index is 4.87. The molecular formula is C135H89N9. The summed E-state index contributed by atoms with van der Waals surface area (Å²) in [4.78, 5) is 14.0. The van der Waals surface area contributed by atoms with Gasteiger partial charge >= 0.3 is 0 Å². The number of para-hydroxylation sites is 9. The van der Waals surface area contributed by atoms with Crippen molar-refractivity contribution in [2.45, 2.75) is 0 Å². The smallest absolute Gasteiger partial charge is 0.0703 e. The molecule has 9 heterocycles. The van der Waals surface area contributed by atoms with Gasteiger partial charge in [-0.05, 0) is 256 Å². The van der Waals surface area contributed by atoms with Crippen LogP contribution in [0.4, 0.5) is 0 Å². The van der Waals surface area contributed by atoms with Crippen LogP contribution in [0.25, 0.3) is 254 Å². The van der Waals surface area contributed by atoms with E-state index in [1.807, 2.05) is 43.0 Å². The Morgan fingerprint density at radius 3 is 0.625 bits per heavy atom. The standard InChI is InChI=1S/2C47H31N3.C41H27N3/c1-3-12-32(13-4-1)36-22-25-43(48-31-36)35-14-11-17-38(28-35)50-45-21-10-8-19-40(45)42-30-34(24-27-47(42)50)33-23-26-46-41(29-33)39-18-7-9-20-44(39)49(46)37-15-5-2-6-16-37;1-3-11-32(12-4-1)36-21-26-43(48-31-36)33-19-24-38(25-20-33)50-45-18-10-8-16-40(45)42-30-35(23-28-47(42)50)34-22-27-46-41(29-34)39-15-7-9-17-44(39)49(46)37-13-5-2-6-14-37;1-2-10-32(11-3-1)43-38-14-6-4-12-34(38)36-25-29(18-22-40(36)43)30-19-23-41-37(26-30)35-13-5-7-15-39(35)44(41)33-20-16-28(17-21-33)31-9-8-24-42-27-31/h2*1-31H;1-27H. The zero-order chi connectivity index (χ0) is 95.1. The predicted molar refractivity (Wildman–Crippen MR) is 602 cm³/mol. The molecule has 144 heavy (non-hydrogen) atoms. The molecule has 674 valence electrons. The number of benzene rings is 20. The highest BCUT2D eigenvalue weighted by Gasteiger charge is 2.23. The molecule has 0 atom stereocenters. The maximum Gasteiger partial charge on any atom is 0.0703 e. The summed E-state index contributed by atoms with van der Waals surface area (Å²) in [6, 6.07) is 185. The molecule has 9 heteroatoms. The normalized spacial score (nSPS) is 11.6. The lowest BCUT2D eigenvalue weighted by Gasteiger charge is -2.11. The molecule has 0 fully saturated rings. The average Bonchev–Trinajstić information content (AvgIpc) is 1.58. The third-order valence-corrected chi connectivity index (χ3v) is 28.8. The molecule has 0 unspecified atom stereocenters. The Hall–Kier alpha value is -19.4. The van der Waals surface area contributed by atoms with Crippen LogP contribution in [0.1, 0.15) is 0 Å². The first-order valence-electron chi connectivity index (χ1n) is 49.1. The molecule has 0 aliphatic heterocycles. The number of hydrogen-bond acceptors (Lipinski definition) is 3. The van der Waals surface area contributed by atoms with Gasteiger partial charge in [0.1, 0.15) is 0 Å². The van der Waals surface area contributed by atoms with Crippen LogP contribution in [0.5, 0.6) is 0 Å². The van der Waals surface area contributed by atoms with Crippen LogP contribution in [0.15, 0.2) is 540 Å². The summed E-state index contributed by atoms with van der Waals surface area (Å²) >= 11 is 0. The Bertz CT molecular complexity index is 9950. The first-order chi connectivity index (χ1) is 71.4. The molecule has 0 N–H and O–H groups in total. The summed E-state index contributed by atoms with van der Waals surface area (Å²) in [5.41, 5.74) is 39.6. The fourth-order valence-electron chi connectivity index (χ4n) is 22.0. The van der Waals surface area contributed by atoms with E-state index in [1.165, 1.54) is 192 Å². The quantitative estimate of drug-likeness (QED) is 0.109. The van der Waals surface area contributed by atoms with Crippen LogP contribution in [-0.4, -0.2) is 42.4 Å². The van der Waals surface area contributed by atoms with Gasteiger partial charge in [-0.2, -0.15) is 0 Å². The second-order valence-corrected chi connectivity index (χ2v) is 37.0. The van der Waals surface area contributed by atoms with E-state index in [4.69, 9.17) is 9.97 Å². The molecule has 0 aliphatic rings. The molecule has 0 saturated heterocycles. The fourth-order valence-corrected chi connectivity index (χ4v) is 22.0. The van der Waals surface area contributed by atoms with Crippen molar-refractivity contribution in [2.75, 3.05) is 0 Å². The van der Waals surface area contributed by atoms with Crippen molar-refractivity contribution in [3.63, 3.8) is 0 Å². The van der Waals surface area contributed by atoms with Crippen molar-refractivity contribution in [1.82, 2.24) is 42.4 Å². The summed E-state index contributed by atoms with van der Waals surface area (Å²) in [7, 11) is 0. The molecule has 0 aliphatic carbocycles. The monoisotopic (exact) mass is 1840 g/mol. The summed E-state index contributed by atoms with van der Waals surface area (Å²) in [5.74, 6) is 0. The fraction of sp³-hybridized carbons (Fsp3) is 0. The minimum absolute atomic E-state index is 0.957. The lowest BCUT2D eigenvalue weighted by Crippen LogP contribution is -1.95. The summed E-state index contributed by atoms with van der Waals surface area (Å²) in [6.45, 7) is 0. The highest BCUT2D eigenvalue weighted by atomic mass is 15.0. The van der Waals surface area contributed by atoms with Crippen molar-refractivity contribution in [2.24, 2.45) is 0 Å². The second-order valence-electron chi connectivity index (χ2n) is 37.0. The van der Waals surface area contributed by atoms with Gasteiger partial charge in [0.05, 0.1) is 77.6 Å². The Balaban J connectivity index is 0.000000108. The number of aromatic nitrogens is 9. The maximum atomic E-state index is 4.87. The first-order valence-corrected chi connectivity index (χ1v) is 49.1. The third kappa shape index (κ3) is 14.8. The van der Waals surface area contributed by atoms with Crippen LogP contribution >= 0.6 is 0 Å². The Morgan fingerprint density at radius 1 is 0.118 bits per heavy atom. The van der Waals surface area contributed by atoms with E-state index >= 15 is 0 Å². The summed E-state index contributed by atoms with van der Waals surface area (Å²) in [6.07, 6.45) is 7.65. The molecule has 29 aromatic rings. The zero-order valence-electron chi connectivity index (χ0n) is 78.4. The Labute approximate surface area is 831 Å².